The lowest BCUT2D eigenvalue weighted by molar-refractivity contribution is -0.117. The number of alkyl halides is 1. The van der Waals surface area contributed by atoms with Crippen molar-refractivity contribution in [1.82, 2.24) is 25.2 Å². The highest BCUT2D eigenvalue weighted by molar-refractivity contribution is 6.03. The zero-order valence-corrected chi connectivity index (χ0v) is 26.7. The van der Waals surface area contributed by atoms with Crippen LogP contribution in [0.4, 0.5) is 19.0 Å². The number of nitrogens with zero attached hydrogens (tertiary/aromatic N) is 6. The number of rotatable bonds is 7. The standard InChI is InChI=1S/C36H34F3N7O2/c1-5-25-28(38)11-10-22-13-21(16-40)14-26(30(22)25)32-31(39)33-27(17-41-32)34(46-12-8-7-9-24(19-46)42-29(47)6-2)44-35(43-33)48-20-36(3)15-23(37)18-45(36)4/h1,6,10-11,13-14,17,23-24H,2,7-9,12,15,18-20H2,3-4H3,(H,42,47)/t23-,24?,36+/m1/s1. The van der Waals surface area contributed by atoms with E-state index in [2.05, 4.69) is 33.9 Å². The van der Waals surface area contributed by atoms with E-state index in [9.17, 15) is 18.8 Å². The fourth-order valence-electron chi connectivity index (χ4n) is 6.66. The number of nitriles is 1. The number of carbonyl (C=O) groups is 1. The van der Waals surface area contributed by atoms with Gasteiger partial charge in [0.15, 0.2) is 5.82 Å². The molecule has 9 nitrogen and oxygen atoms in total. The van der Waals surface area contributed by atoms with Gasteiger partial charge in [0.05, 0.1) is 28.1 Å². The molecule has 2 aromatic heterocycles. The number of carbonyl (C=O) groups excluding carboxylic acids is 1. The maximum Gasteiger partial charge on any atom is 0.319 e. The van der Waals surface area contributed by atoms with Crippen LogP contribution in [-0.4, -0.2) is 76.8 Å². The molecule has 0 bridgehead atoms. The van der Waals surface area contributed by atoms with Crippen LogP contribution >= 0.6 is 0 Å². The number of halogens is 3. The van der Waals surface area contributed by atoms with Crippen molar-refractivity contribution in [2.45, 2.75) is 50.4 Å². The number of hydrogen-bond acceptors (Lipinski definition) is 8. The summed E-state index contributed by atoms with van der Waals surface area (Å²) in [4.78, 5) is 29.7. The van der Waals surface area contributed by atoms with Crippen molar-refractivity contribution in [3.8, 4) is 35.7 Å². The lowest BCUT2D eigenvalue weighted by Crippen LogP contribution is -2.43. The van der Waals surface area contributed by atoms with E-state index in [1.165, 1.54) is 30.5 Å². The van der Waals surface area contributed by atoms with E-state index in [0.717, 1.165) is 19.3 Å². The molecule has 0 radical (unpaired) electrons. The first-order chi connectivity index (χ1) is 23.0. The predicted octanol–water partition coefficient (Wildman–Crippen LogP) is 5.45. The number of fused-ring (bicyclic) bond motifs is 2. The summed E-state index contributed by atoms with van der Waals surface area (Å²) in [6, 6.07) is 7.37. The van der Waals surface area contributed by atoms with Gasteiger partial charge in [0.25, 0.3) is 0 Å². The number of pyridine rings is 1. The second-order valence-corrected chi connectivity index (χ2v) is 12.6. The first-order valence-corrected chi connectivity index (χ1v) is 15.7. The van der Waals surface area contributed by atoms with Crippen LogP contribution in [0.3, 0.4) is 0 Å². The lowest BCUT2D eigenvalue weighted by atomic mass is 9.94. The lowest BCUT2D eigenvalue weighted by Gasteiger charge is -2.31. The monoisotopic (exact) mass is 653 g/mol. The van der Waals surface area contributed by atoms with E-state index in [4.69, 9.17) is 16.1 Å². The third-order valence-corrected chi connectivity index (χ3v) is 9.31. The van der Waals surface area contributed by atoms with Gasteiger partial charge in [-0.1, -0.05) is 18.6 Å². The molecular formula is C36H34F3N7O2. The average molecular weight is 654 g/mol. The summed E-state index contributed by atoms with van der Waals surface area (Å²) in [6.07, 6.45) is 9.93. The summed E-state index contributed by atoms with van der Waals surface area (Å²) < 4.78 is 52.2. The highest BCUT2D eigenvalue weighted by Crippen LogP contribution is 2.38. The summed E-state index contributed by atoms with van der Waals surface area (Å²) >= 11 is 0. The number of likely N-dealkylation sites (N-methyl/N-ethyl adjacent to an activating group) is 1. The van der Waals surface area contributed by atoms with Crippen LogP contribution < -0.4 is 15.0 Å². The van der Waals surface area contributed by atoms with Crippen molar-refractivity contribution in [2.24, 2.45) is 0 Å². The zero-order valence-electron chi connectivity index (χ0n) is 26.7. The largest absolute Gasteiger partial charge is 0.461 e. The Bertz CT molecular complexity index is 2020. The highest BCUT2D eigenvalue weighted by atomic mass is 19.1. The Balaban J connectivity index is 1.52. The van der Waals surface area contributed by atoms with E-state index >= 15 is 4.39 Å². The maximum absolute atomic E-state index is 16.9. The summed E-state index contributed by atoms with van der Waals surface area (Å²) in [5.41, 5.74) is -0.685. The van der Waals surface area contributed by atoms with E-state index in [1.54, 1.807) is 6.07 Å². The molecule has 0 aliphatic carbocycles. The fourth-order valence-corrected chi connectivity index (χ4v) is 6.66. The quantitative estimate of drug-likeness (QED) is 0.208. The van der Waals surface area contributed by atoms with Crippen LogP contribution in [0.5, 0.6) is 6.01 Å². The first-order valence-electron chi connectivity index (χ1n) is 15.7. The molecule has 0 saturated carbocycles. The number of likely N-dealkylation sites (tertiary alicyclic amines) is 1. The van der Waals surface area contributed by atoms with Gasteiger partial charge in [0, 0.05) is 49.2 Å². The van der Waals surface area contributed by atoms with Gasteiger partial charge in [-0.3, -0.25) is 14.7 Å². The Morgan fingerprint density at radius 3 is 2.79 bits per heavy atom. The summed E-state index contributed by atoms with van der Waals surface area (Å²) in [6.45, 7) is 6.66. The SMILES string of the molecule is C#Cc1c(F)ccc2cc(C#N)cc(-c3ncc4c(N5CCCCC(NC(=O)C=C)C5)nc(OC[C@]5(C)C[C@@H](F)CN5C)nc4c3F)c12. The van der Waals surface area contributed by atoms with Crippen LogP contribution in [0.25, 0.3) is 32.9 Å². The van der Waals surface area contributed by atoms with Crippen molar-refractivity contribution >= 4 is 33.4 Å². The van der Waals surface area contributed by atoms with Gasteiger partial charge in [-0.2, -0.15) is 15.2 Å². The van der Waals surface area contributed by atoms with Gasteiger partial charge >= 0.3 is 6.01 Å². The Morgan fingerprint density at radius 1 is 1.27 bits per heavy atom. The van der Waals surface area contributed by atoms with Gasteiger partial charge in [-0.25, -0.2) is 13.2 Å². The Kier molecular flexibility index (Phi) is 8.95. The Labute approximate surface area is 276 Å². The minimum Gasteiger partial charge on any atom is -0.461 e. The third-order valence-electron chi connectivity index (χ3n) is 9.31. The number of anilines is 1. The molecule has 1 unspecified atom stereocenters. The average Bonchev–Trinajstić information content (AvgIpc) is 3.20. The maximum atomic E-state index is 16.9. The topological polar surface area (TPSA) is 107 Å². The van der Waals surface area contributed by atoms with Gasteiger partial charge in [0.2, 0.25) is 5.91 Å². The van der Waals surface area contributed by atoms with Crippen LogP contribution in [0.2, 0.25) is 0 Å². The minimum absolute atomic E-state index is 0.0477. The summed E-state index contributed by atoms with van der Waals surface area (Å²) in [5, 5.41) is 13.7. The highest BCUT2D eigenvalue weighted by Gasteiger charge is 2.41. The van der Waals surface area contributed by atoms with Crippen molar-refractivity contribution in [3.63, 3.8) is 0 Å². The molecule has 246 valence electrons. The number of hydrogen-bond donors (Lipinski definition) is 1. The molecule has 0 spiro atoms. The van der Waals surface area contributed by atoms with Crippen LogP contribution in [0, 0.1) is 35.3 Å². The molecule has 12 heteroatoms. The van der Waals surface area contributed by atoms with E-state index in [1.807, 2.05) is 23.8 Å². The van der Waals surface area contributed by atoms with Gasteiger partial charge in [-0.15, -0.1) is 6.42 Å². The normalized spacial score (nSPS) is 21.4. The summed E-state index contributed by atoms with van der Waals surface area (Å²) in [5.74, 6) is 0.899. The zero-order chi connectivity index (χ0) is 34.2. The summed E-state index contributed by atoms with van der Waals surface area (Å²) in [7, 11) is 1.81. The second kappa shape index (κ2) is 13.1. The fraction of sp³-hybridized carbons (Fsp3) is 0.361. The van der Waals surface area contributed by atoms with Crippen LogP contribution in [0.15, 0.2) is 43.1 Å². The molecule has 2 aliphatic rings. The van der Waals surface area contributed by atoms with E-state index < -0.39 is 23.3 Å². The van der Waals surface area contributed by atoms with Gasteiger partial charge < -0.3 is 15.0 Å². The molecule has 6 rings (SSSR count). The van der Waals surface area contributed by atoms with E-state index in [-0.39, 0.29) is 76.2 Å². The molecule has 2 saturated heterocycles. The van der Waals surface area contributed by atoms with E-state index in [0.29, 0.717) is 24.3 Å². The van der Waals surface area contributed by atoms with Gasteiger partial charge in [-0.05, 0) is 62.9 Å². The Morgan fingerprint density at radius 2 is 2.08 bits per heavy atom. The molecule has 2 aliphatic heterocycles. The molecule has 3 atom stereocenters. The number of benzene rings is 2. The molecule has 2 aromatic carbocycles. The number of aromatic nitrogens is 3. The predicted molar refractivity (Wildman–Crippen MR) is 177 cm³/mol. The van der Waals surface area contributed by atoms with Crippen LogP contribution in [0.1, 0.15) is 43.7 Å². The molecule has 4 aromatic rings. The van der Waals surface area contributed by atoms with Crippen molar-refractivity contribution in [1.29, 1.82) is 5.26 Å². The van der Waals surface area contributed by atoms with Gasteiger partial charge in [0.1, 0.15) is 35.6 Å². The smallest absolute Gasteiger partial charge is 0.319 e. The second-order valence-electron chi connectivity index (χ2n) is 12.6. The molecule has 4 heterocycles. The van der Waals surface area contributed by atoms with Crippen molar-refractivity contribution < 1.29 is 22.7 Å². The number of nitrogens with one attached hydrogen (secondary N) is 1. The third kappa shape index (κ3) is 6.12. The Hall–Kier alpha value is -5.20. The molecule has 1 amide bonds. The van der Waals surface area contributed by atoms with Crippen LogP contribution in [-0.2, 0) is 4.79 Å². The number of terminal acetylenes is 1. The van der Waals surface area contributed by atoms with Crippen molar-refractivity contribution in [2.75, 3.05) is 38.2 Å². The molecule has 2 fully saturated rings. The van der Waals surface area contributed by atoms with Crippen molar-refractivity contribution in [3.05, 3.63) is 65.9 Å². The number of amides is 1. The minimum atomic E-state index is -1.01. The molecule has 48 heavy (non-hydrogen) atoms. The number of ether oxygens (including phenoxy) is 1. The molecular weight excluding hydrogens is 619 g/mol. The first kappa shape index (κ1) is 32.7. The molecule has 1 N–H and O–H groups in total.